The molecule has 0 unspecified atom stereocenters. The van der Waals surface area contributed by atoms with Crippen LogP contribution in [0.5, 0.6) is 0 Å². The number of carbonyl (C=O) groups is 1. The van der Waals surface area contributed by atoms with Gasteiger partial charge in [0.2, 0.25) is 0 Å². The summed E-state index contributed by atoms with van der Waals surface area (Å²) in [7, 11) is 0. The lowest BCUT2D eigenvalue weighted by Gasteiger charge is -2.49. The normalized spacial score (nSPS) is 54.1. The maximum absolute atomic E-state index is 12.2. The van der Waals surface area contributed by atoms with Gasteiger partial charge in [0.25, 0.3) is 0 Å². The molecule has 0 aromatic carbocycles. The fraction of sp³-hybridized carbons (Fsp3) is 0.933. The minimum Gasteiger partial charge on any atom is -0.299 e. The number of hydrogen-bond donors (Lipinski definition) is 0. The van der Waals surface area contributed by atoms with Gasteiger partial charge in [-0.1, -0.05) is 27.7 Å². The lowest BCUT2D eigenvalue weighted by atomic mass is 9.54. The van der Waals surface area contributed by atoms with Crippen LogP contribution in [0.3, 0.4) is 0 Å². The van der Waals surface area contributed by atoms with Crippen molar-refractivity contribution in [2.24, 2.45) is 34.5 Å². The molecule has 1 heteroatoms. The largest absolute Gasteiger partial charge is 0.299 e. The molecule has 0 heterocycles. The second-order valence-corrected chi connectivity index (χ2v) is 7.31. The van der Waals surface area contributed by atoms with Crippen LogP contribution in [0.1, 0.15) is 53.4 Å². The van der Waals surface area contributed by atoms with Crippen molar-refractivity contribution in [3.8, 4) is 0 Å². The van der Waals surface area contributed by atoms with Gasteiger partial charge in [-0.3, -0.25) is 4.79 Å². The first-order valence-electron chi connectivity index (χ1n) is 6.93. The molecule has 3 aliphatic carbocycles. The highest BCUT2D eigenvalue weighted by atomic mass is 16.1. The minimum atomic E-state index is 0.321. The minimum absolute atomic E-state index is 0.321. The molecule has 0 N–H and O–H groups in total. The molecule has 3 saturated carbocycles. The Morgan fingerprint density at radius 1 is 1.12 bits per heavy atom. The van der Waals surface area contributed by atoms with Gasteiger partial charge in [-0.25, -0.2) is 0 Å². The molecule has 0 saturated heterocycles. The van der Waals surface area contributed by atoms with Crippen LogP contribution >= 0.6 is 0 Å². The first-order chi connectivity index (χ1) is 7.40. The van der Waals surface area contributed by atoms with E-state index in [1.54, 1.807) is 0 Å². The van der Waals surface area contributed by atoms with Crippen LogP contribution in [0.25, 0.3) is 0 Å². The summed E-state index contributed by atoms with van der Waals surface area (Å²) in [5.41, 5.74) is 0.830. The molecule has 3 fully saturated rings. The van der Waals surface area contributed by atoms with E-state index in [-0.39, 0.29) is 0 Å². The third-order valence-corrected chi connectivity index (χ3v) is 6.51. The first-order valence-corrected chi connectivity index (χ1v) is 6.93. The molecule has 0 aromatic heterocycles. The van der Waals surface area contributed by atoms with Crippen molar-refractivity contribution in [3.05, 3.63) is 0 Å². The Bertz CT molecular complexity index is 343. The van der Waals surface area contributed by atoms with E-state index in [4.69, 9.17) is 0 Å². The molecule has 3 aliphatic rings. The zero-order valence-electron chi connectivity index (χ0n) is 11.0. The van der Waals surface area contributed by atoms with Gasteiger partial charge < -0.3 is 0 Å². The maximum Gasteiger partial charge on any atom is 0.136 e. The van der Waals surface area contributed by atoms with Crippen LogP contribution < -0.4 is 0 Å². The molecule has 0 aromatic rings. The average Bonchev–Trinajstić information content (AvgIpc) is 2.78. The summed E-state index contributed by atoms with van der Waals surface area (Å²) in [4.78, 5) is 12.2. The van der Waals surface area contributed by atoms with Gasteiger partial charge in [0.05, 0.1) is 0 Å². The molecule has 1 nitrogen and oxygen atoms in total. The predicted molar refractivity (Wildman–Crippen MR) is 65.0 cm³/mol. The molecule has 5 atom stereocenters. The van der Waals surface area contributed by atoms with Gasteiger partial charge in [0.15, 0.2) is 0 Å². The summed E-state index contributed by atoms with van der Waals surface area (Å²) in [5, 5.41) is 0. The summed E-state index contributed by atoms with van der Waals surface area (Å²) in [6.45, 7) is 9.64. The average molecular weight is 220 g/mol. The standard InChI is InChI=1S/C15H24O/c1-9-5-8-12(16)10-6-7-11-13(14(11,2)3)15(9,10)4/h9-11,13H,5-8H2,1-4H3/t9-,10-,11-,13+,15+/m0/s1. The van der Waals surface area contributed by atoms with E-state index in [2.05, 4.69) is 27.7 Å². The van der Waals surface area contributed by atoms with Gasteiger partial charge >= 0.3 is 0 Å². The van der Waals surface area contributed by atoms with E-state index in [0.29, 0.717) is 22.5 Å². The van der Waals surface area contributed by atoms with Crippen LogP contribution in [0.15, 0.2) is 0 Å². The number of hydrogen-bond acceptors (Lipinski definition) is 1. The van der Waals surface area contributed by atoms with Crippen molar-refractivity contribution < 1.29 is 4.79 Å². The Morgan fingerprint density at radius 3 is 2.50 bits per heavy atom. The van der Waals surface area contributed by atoms with E-state index in [1.165, 1.54) is 12.8 Å². The summed E-state index contributed by atoms with van der Waals surface area (Å²) in [6, 6.07) is 0. The van der Waals surface area contributed by atoms with Crippen molar-refractivity contribution in [1.29, 1.82) is 0 Å². The highest BCUT2D eigenvalue weighted by molar-refractivity contribution is 5.83. The topological polar surface area (TPSA) is 17.1 Å². The monoisotopic (exact) mass is 220 g/mol. The molecule has 0 aliphatic heterocycles. The Hall–Kier alpha value is -0.330. The molecule has 90 valence electrons. The molecular formula is C15H24O. The quantitative estimate of drug-likeness (QED) is 0.608. The predicted octanol–water partition coefficient (Wildman–Crippen LogP) is 3.67. The summed E-state index contributed by atoms with van der Waals surface area (Å²) < 4.78 is 0. The maximum atomic E-state index is 12.2. The Morgan fingerprint density at radius 2 is 1.81 bits per heavy atom. The number of Topliss-reactive ketones (excluding diaryl/α,β-unsaturated/α-hetero) is 1. The van der Waals surface area contributed by atoms with Crippen molar-refractivity contribution >= 4 is 5.78 Å². The van der Waals surface area contributed by atoms with Crippen LogP contribution in [0.4, 0.5) is 0 Å². The van der Waals surface area contributed by atoms with Crippen LogP contribution in [0.2, 0.25) is 0 Å². The smallest absolute Gasteiger partial charge is 0.136 e. The van der Waals surface area contributed by atoms with E-state index >= 15 is 0 Å². The number of ketones is 1. The molecule has 0 radical (unpaired) electrons. The first kappa shape index (κ1) is 10.8. The van der Waals surface area contributed by atoms with Gasteiger partial charge in [-0.15, -0.1) is 0 Å². The third kappa shape index (κ3) is 1.05. The third-order valence-electron chi connectivity index (χ3n) is 6.51. The lowest BCUT2D eigenvalue weighted by molar-refractivity contribution is -0.137. The van der Waals surface area contributed by atoms with Gasteiger partial charge in [-0.05, 0) is 47.8 Å². The Balaban J connectivity index is 2.00. The van der Waals surface area contributed by atoms with Crippen LogP contribution in [0, 0.1) is 34.5 Å². The van der Waals surface area contributed by atoms with Crippen LogP contribution in [-0.4, -0.2) is 5.78 Å². The SMILES string of the molecule is C[C@H]1CCC(=O)[C@@H]2CC[C@H]3[C@H](C3(C)C)[C@]12C. The van der Waals surface area contributed by atoms with Crippen molar-refractivity contribution in [2.75, 3.05) is 0 Å². The summed E-state index contributed by atoms with van der Waals surface area (Å²) in [6.07, 6.45) is 4.45. The number of rotatable bonds is 0. The molecule has 0 bridgehead atoms. The molecular weight excluding hydrogens is 196 g/mol. The van der Waals surface area contributed by atoms with Crippen molar-refractivity contribution in [1.82, 2.24) is 0 Å². The summed E-state index contributed by atoms with van der Waals surface area (Å²) in [5.74, 6) is 3.42. The van der Waals surface area contributed by atoms with E-state index in [9.17, 15) is 4.79 Å². The Kier molecular flexibility index (Phi) is 1.97. The van der Waals surface area contributed by atoms with Crippen molar-refractivity contribution in [3.63, 3.8) is 0 Å². The highest BCUT2D eigenvalue weighted by Crippen LogP contribution is 2.75. The Labute approximate surface area is 99.0 Å². The summed E-state index contributed by atoms with van der Waals surface area (Å²) >= 11 is 0. The number of carbonyl (C=O) groups excluding carboxylic acids is 1. The lowest BCUT2D eigenvalue weighted by Crippen LogP contribution is -2.47. The molecule has 0 spiro atoms. The van der Waals surface area contributed by atoms with Crippen LogP contribution in [-0.2, 0) is 4.79 Å². The zero-order chi connectivity index (χ0) is 11.7. The van der Waals surface area contributed by atoms with Crippen molar-refractivity contribution in [2.45, 2.75) is 53.4 Å². The second-order valence-electron chi connectivity index (χ2n) is 7.31. The highest BCUT2D eigenvalue weighted by Gasteiger charge is 2.70. The van der Waals surface area contributed by atoms with E-state index < -0.39 is 0 Å². The van der Waals surface area contributed by atoms with E-state index in [0.717, 1.165) is 30.6 Å². The molecule has 16 heavy (non-hydrogen) atoms. The molecule has 0 amide bonds. The fourth-order valence-electron chi connectivity index (χ4n) is 5.39. The zero-order valence-corrected chi connectivity index (χ0v) is 11.0. The second kappa shape index (κ2) is 2.91. The van der Waals surface area contributed by atoms with Gasteiger partial charge in [0, 0.05) is 12.3 Å². The van der Waals surface area contributed by atoms with E-state index in [1.807, 2.05) is 0 Å². The van der Waals surface area contributed by atoms with Gasteiger partial charge in [-0.2, -0.15) is 0 Å². The van der Waals surface area contributed by atoms with Gasteiger partial charge in [0.1, 0.15) is 5.78 Å². The molecule has 3 rings (SSSR count). The fourth-order valence-corrected chi connectivity index (χ4v) is 5.39. The number of fused-ring (bicyclic) bond motifs is 3.